The maximum atomic E-state index is 12.7. The molecule has 14 heavy (non-hydrogen) atoms. The molecule has 3 nitrogen and oxygen atoms in total. The number of carbonyl (C=O) groups is 1. The number of halogens is 1. The van der Waals surface area contributed by atoms with Gasteiger partial charge in [-0.2, -0.15) is 0 Å². The maximum absolute atomic E-state index is 12.7. The Morgan fingerprint density at radius 3 is 2.57 bits per heavy atom. The number of carbonyl (C=O) groups excluding carboxylic acids is 1. The molecule has 0 atom stereocenters. The first kappa shape index (κ1) is 10.8. The third kappa shape index (κ3) is 2.63. The highest BCUT2D eigenvalue weighted by Gasteiger charge is 2.16. The molecule has 1 aromatic carbocycles. The van der Waals surface area contributed by atoms with Crippen molar-refractivity contribution in [3.05, 3.63) is 30.1 Å². The van der Waals surface area contributed by atoms with Gasteiger partial charge in [0.05, 0.1) is 4.90 Å². The minimum Gasteiger partial charge on any atom is -0.299 e. The van der Waals surface area contributed by atoms with Gasteiger partial charge in [-0.15, -0.1) is 0 Å². The summed E-state index contributed by atoms with van der Waals surface area (Å²) >= 11 is 0. The molecule has 5 heteroatoms. The maximum Gasteiger partial charge on any atom is 0.185 e. The van der Waals surface area contributed by atoms with Crippen molar-refractivity contribution in [2.75, 3.05) is 5.75 Å². The smallest absolute Gasteiger partial charge is 0.185 e. The predicted molar refractivity (Wildman–Crippen MR) is 49.1 cm³/mol. The Balaban J connectivity index is 3.11. The van der Waals surface area contributed by atoms with Gasteiger partial charge in [-0.1, -0.05) is 6.07 Å². The van der Waals surface area contributed by atoms with Crippen molar-refractivity contribution in [2.24, 2.45) is 0 Å². The van der Waals surface area contributed by atoms with Gasteiger partial charge in [-0.05, 0) is 25.1 Å². The van der Waals surface area contributed by atoms with Crippen LogP contribution in [0.5, 0.6) is 0 Å². The molecule has 0 aliphatic carbocycles. The van der Waals surface area contributed by atoms with E-state index in [4.69, 9.17) is 0 Å². The highest BCUT2D eigenvalue weighted by molar-refractivity contribution is 7.92. The van der Waals surface area contributed by atoms with E-state index < -0.39 is 27.2 Å². The molecule has 0 N–H and O–H groups in total. The number of ketones is 1. The van der Waals surface area contributed by atoms with E-state index in [1.54, 1.807) is 0 Å². The van der Waals surface area contributed by atoms with Crippen LogP contribution in [0.15, 0.2) is 29.2 Å². The molecule has 0 fully saturated rings. The lowest BCUT2D eigenvalue weighted by atomic mass is 10.4. The predicted octanol–water partition coefficient (Wildman–Crippen LogP) is 1.19. The Bertz CT molecular complexity index is 451. The molecule has 0 saturated carbocycles. The van der Waals surface area contributed by atoms with Gasteiger partial charge in [0, 0.05) is 0 Å². The molecule has 0 aliphatic rings. The van der Waals surface area contributed by atoms with Crippen LogP contribution in [-0.4, -0.2) is 20.0 Å². The molecule has 0 amide bonds. The normalized spacial score (nSPS) is 11.3. The lowest BCUT2D eigenvalue weighted by molar-refractivity contribution is -0.114. The average Bonchev–Trinajstić information content (AvgIpc) is 2.01. The zero-order valence-electron chi connectivity index (χ0n) is 7.53. The fourth-order valence-electron chi connectivity index (χ4n) is 1.01. The summed E-state index contributed by atoms with van der Waals surface area (Å²) in [7, 11) is -3.67. The Morgan fingerprint density at radius 2 is 2.07 bits per heavy atom. The summed E-state index contributed by atoms with van der Waals surface area (Å²) in [4.78, 5) is 10.5. The van der Waals surface area contributed by atoms with Crippen molar-refractivity contribution < 1.29 is 17.6 Å². The van der Waals surface area contributed by atoms with Gasteiger partial charge >= 0.3 is 0 Å². The first-order chi connectivity index (χ1) is 6.42. The Labute approximate surface area is 81.5 Å². The molecule has 76 valence electrons. The van der Waals surface area contributed by atoms with E-state index in [1.807, 2.05) is 0 Å². The topological polar surface area (TPSA) is 51.2 Å². The quantitative estimate of drug-likeness (QED) is 0.762. The lowest BCUT2D eigenvalue weighted by Crippen LogP contribution is -2.13. The van der Waals surface area contributed by atoms with E-state index in [1.165, 1.54) is 19.1 Å². The van der Waals surface area contributed by atoms with Crippen LogP contribution in [0.1, 0.15) is 6.92 Å². The Morgan fingerprint density at radius 1 is 1.43 bits per heavy atom. The van der Waals surface area contributed by atoms with Gasteiger partial charge < -0.3 is 0 Å². The van der Waals surface area contributed by atoms with Gasteiger partial charge in [0.25, 0.3) is 0 Å². The number of hydrogen-bond donors (Lipinski definition) is 0. The van der Waals surface area contributed by atoms with Gasteiger partial charge in [-0.25, -0.2) is 12.8 Å². The summed E-state index contributed by atoms with van der Waals surface area (Å²) in [6.45, 7) is 1.18. The molecular formula is C9H9FO3S. The van der Waals surface area contributed by atoms with Gasteiger partial charge in [0.1, 0.15) is 17.4 Å². The second-order valence-corrected chi connectivity index (χ2v) is 4.91. The molecule has 1 aromatic rings. The lowest BCUT2D eigenvalue weighted by Gasteiger charge is -2.01. The molecule has 0 aliphatic heterocycles. The van der Waals surface area contributed by atoms with Crippen LogP contribution in [0, 0.1) is 5.82 Å². The molecule has 0 radical (unpaired) electrons. The molecule has 0 bridgehead atoms. The van der Waals surface area contributed by atoms with E-state index in [-0.39, 0.29) is 4.90 Å². The first-order valence-corrected chi connectivity index (χ1v) is 5.55. The third-order valence-corrected chi connectivity index (χ3v) is 3.31. The minimum atomic E-state index is -3.67. The second-order valence-electron chi connectivity index (χ2n) is 2.92. The van der Waals surface area contributed by atoms with Crippen molar-refractivity contribution in [3.63, 3.8) is 0 Å². The summed E-state index contributed by atoms with van der Waals surface area (Å²) in [6.07, 6.45) is 0. The molecule has 0 saturated heterocycles. The van der Waals surface area contributed by atoms with E-state index in [9.17, 15) is 17.6 Å². The van der Waals surface area contributed by atoms with Crippen molar-refractivity contribution in [2.45, 2.75) is 11.8 Å². The van der Waals surface area contributed by atoms with Crippen LogP contribution in [0.2, 0.25) is 0 Å². The number of benzene rings is 1. The van der Waals surface area contributed by atoms with E-state index in [0.717, 1.165) is 12.1 Å². The third-order valence-electron chi connectivity index (χ3n) is 1.55. The molecule has 0 aromatic heterocycles. The zero-order valence-corrected chi connectivity index (χ0v) is 8.34. The standard InChI is InChI=1S/C9H9FO3S/c1-7(11)6-14(12,13)9-4-2-3-8(10)5-9/h2-5H,6H2,1H3. The molecule has 0 spiro atoms. The van der Waals surface area contributed by atoms with Crippen LogP contribution in [0.3, 0.4) is 0 Å². The van der Waals surface area contributed by atoms with E-state index in [2.05, 4.69) is 0 Å². The number of hydrogen-bond acceptors (Lipinski definition) is 3. The van der Waals surface area contributed by atoms with E-state index >= 15 is 0 Å². The Hall–Kier alpha value is -1.23. The highest BCUT2D eigenvalue weighted by atomic mass is 32.2. The summed E-state index contributed by atoms with van der Waals surface area (Å²) < 4.78 is 35.5. The molecule has 1 rings (SSSR count). The largest absolute Gasteiger partial charge is 0.299 e. The second kappa shape index (κ2) is 3.88. The van der Waals surface area contributed by atoms with Crippen LogP contribution in [0.25, 0.3) is 0 Å². The van der Waals surface area contributed by atoms with Gasteiger partial charge in [-0.3, -0.25) is 4.79 Å². The van der Waals surface area contributed by atoms with Gasteiger partial charge in [0.2, 0.25) is 0 Å². The summed E-state index contributed by atoms with van der Waals surface area (Å²) in [5.41, 5.74) is 0. The minimum absolute atomic E-state index is 0.160. The van der Waals surface area contributed by atoms with Crippen molar-refractivity contribution in [1.29, 1.82) is 0 Å². The Kier molecular flexibility index (Phi) is 3.00. The molecule has 0 unspecified atom stereocenters. The zero-order chi connectivity index (χ0) is 10.8. The van der Waals surface area contributed by atoms with Crippen LogP contribution < -0.4 is 0 Å². The monoisotopic (exact) mass is 216 g/mol. The number of sulfone groups is 1. The molecular weight excluding hydrogens is 207 g/mol. The molecule has 0 heterocycles. The van der Waals surface area contributed by atoms with Gasteiger partial charge in [0.15, 0.2) is 9.84 Å². The first-order valence-electron chi connectivity index (χ1n) is 3.89. The fourth-order valence-corrected chi connectivity index (χ4v) is 2.29. The highest BCUT2D eigenvalue weighted by Crippen LogP contribution is 2.12. The number of rotatable bonds is 3. The fraction of sp³-hybridized carbons (Fsp3) is 0.222. The summed E-state index contributed by atoms with van der Waals surface area (Å²) in [5.74, 6) is -1.68. The number of Topliss-reactive ketones (excluding diaryl/α,β-unsaturated/α-hetero) is 1. The SMILES string of the molecule is CC(=O)CS(=O)(=O)c1cccc(F)c1. The van der Waals surface area contributed by atoms with Crippen LogP contribution in [-0.2, 0) is 14.6 Å². The van der Waals surface area contributed by atoms with Crippen molar-refractivity contribution >= 4 is 15.6 Å². The summed E-state index contributed by atoms with van der Waals surface area (Å²) in [5, 5.41) is 0. The van der Waals surface area contributed by atoms with Crippen molar-refractivity contribution in [1.82, 2.24) is 0 Å². The van der Waals surface area contributed by atoms with Crippen LogP contribution >= 0.6 is 0 Å². The average molecular weight is 216 g/mol. The van der Waals surface area contributed by atoms with E-state index in [0.29, 0.717) is 0 Å². The van der Waals surface area contributed by atoms with Crippen LogP contribution in [0.4, 0.5) is 4.39 Å². The summed E-state index contributed by atoms with van der Waals surface area (Å²) in [6, 6.07) is 4.61. The van der Waals surface area contributed by atoms with Crippen molar-refractivity contribution in [3.8, 4) is 0 Å².